The number of hydrogen-bond acceptors (Lipinski definition) is 5. The molecule has 0 aliphatic carbocycles. The second kappa shape index (κ2) is 10.0. The van der Waals surface area contributed by atoms with Crippen molar-refractivity contribution in [1.82, 2.24) is 4.90 Å². The second-order valence-electron chi connectivity index (χ2n) is 3.91. The van der Waals surface area contributed by atoms with Crippen LogP contribution in [0.2, 0.25) is 0 Å². The van der Waals surface area contributed by atoms with Crippen molar-refractivity contribution in [3.05, 3.63) is 0 Å². The number of rotatable bonds is 5. The van der Waals surface area contributed by atoms with Crippen LogP contribution in [-0.2, 0) is 19.1 Å². The van der Waals surface area contributed by atoms with E-state index in [0.717, 1.165) is 4.90 Å². The summed E-state index contributed by atoms with van der Waals surface area (Å²) in [6.45, 7) is 4.99. The van der Waals surface area contributed by atoms with Gasteiger partial charge in [-0.15, -0.1) is 0 Å². The number of carboxylic acids is 1. The molecule has 1 saturated heterocycles. The number of amides is 1. The Morgan fingerprint density at radius 2 is 1.85 bits per heavy atom. The fourth-order valence-electron chi connectivity index (χ4n) is 1.64. The van der Waals surface area contributed by atoms with Crippen molar-refractivity contribution in [3.63, 3.8) is 0 Å². The molecule has 8 heteroatoms. The van der Waals surface area contributed by atoms with E-state index in [2.05, 4.69) is 4.74 Å². The van der Waals surface area contributed by atoms with Gasteiger partial charge in [0, 0.05) is 13.2 Å². The number of carboxylic acid groups (broad SMARTS) is 2. The van der Waals surface area contributed by atoms with Crippen LogP contribution in [0, 0.1) is 0 Å². The maximum atomic E-state index is 10.5. The van der Waals surface area contributed by atoms with Gasteiger partial charge in [0.25, 0.3) is 0 Å². The summed E-state index contributed by atoms with van der Waals surface area (Å²) < 4.78 is 9.35. The Kier molecular flexibility index (Phi) is 9.10. The topological polar surface area (TPSA) is 113 Å². The molecule has 0 saturated carbocycles. The molecule has 1 rings (SSSR count). The lowest BCUT2D eigenvalue weighted by molar-refractivity contribution is -0.148. The van der Waals surface area contributed by atoms with Crippen LogP contribution in [0.15, 0.2) is 0 Å². The zero-order valence-electron chi connectivity index (χ0n) is 11.7. The Labute approximate surface area is 117 Å². The first-order valence-corrected chi connectivity index (χ1v) is 6.39. The van der Waals surface area contributed by atoms with E-state index in [4.69, 9.17) is 14.9 Å². The van der Waals surface area contributed by atoms with Crippen molar-refractivity contribution in [2.24, 2.45) is 0 Å². The van der Waals surface area contributed by atoms with Crippen molar-refractivity contribution in [2.45, 2.75) is 32.7 Å². The highest BCUT2D eigenvalue weighted by molar-refractivity contribution is 5.79. The molecule has 20 heavy (non-hydrogen) atoms. The molecule has 0 bridgehead atoms. The lowest BCUT2D eigenvalue weighted by Crippen LogP contribution is -2.39. The van der Waals surface area contributed by atoms with Gasteiger partial charge in [0.05, 0.1) is 6.61 Å². The second-order valence-corrected chi connectivity index (χ2v) is 3.91. The number of ether oxygens (including phenoxy) is 2. The number of nitrogens with zero attached hydrogens (tertiary/aromatic N) is 1. The normalized spacial score (nSPS) is 17.1. The number of carbonyl (C=O) groups excluding carboxylic acids is 1. The Morgan fingerprint density at radius 1 is 1.20 bits per heavy atom. The molecule has 1 fully saturated rings. The van der Waals surface area contributed by atoms with Crippen LogP contribution in [0.25, 0.3) is 0 Å². The van der Waals surface area contributed by atoms with Crippen LogP contribution >= 0.6 is 0 Å². The average molecular weight is 291 g/mol. The first-order valence-electron chi connectivity index (χ1n) is 6.39. The highest BCUT2D eigenvalue weighted by atomic mass is 16.6. The highest BCUT2D eigenvalue weighted by Crippen LogP contribution is 2.16. The van der Waals surface area contributed by atoms with E-state index in [-0.39, 0.29) is 12.6 Å². The molecule has 0 spiro atoms. The lowest BCUT2D eigenvalue weighted by atomic mass is 10.2. The zero-order valence-corrected chi connectivity index (χ0v) is 11.7. The summed E-state index contributed by atoms with van der Waals surface area (Å²) in [6, 6.07) is -0.826. The third kappa shape index (κ3) is 6.93. The molecule has 0 aromatic carbocycles. The van der Waals surface area contributed by atoms with E-state index in [9.17, 15) is 14.4 Å². The molecule has 1 amide bonds. The molecular weight excluding hydrogens is 270 g/mol. The Balaban J connectivity index is 0.000000370. The minimum absolute atomic E-state index is 0.0737. The average Bonchev–Trinajstić information content (AvgIpc) is 2.87. The molecule has 1 atom stereocenters. The Morgan fingerprint density at radius 3 is 2.25 bits per heavy atom. The van der Waals surface area contributed by atoms with Gasteiger partial charge in [-0.2, -0.15) is 0 Å². The summed E-state index contributed by atoms with van der Waals surface area (Å²) in [7, 11) is 0. The third-order valence-electron chi connectivity index (χ3n) is 2.51. The summed E-state index contributed by atoms with van der Waals surface area (Å²) in [5.41, 5.74) is 0. The van der Waals surface area contributed by atoms with Crippen molar-refractivity contribution in [3.8, 4) is 0 Å². The summed E-state index contributed by atoms with van der Waals surface area (Å²) in [4.78, 5) is 32.2. The van der Waals surface area contributed by atoms with E-state index in [0.29, 0.717) is 32.6 Å². The van der Waals surface area contributed by atoms with Crippen LogP contribution < -0.4 is 0 Å². The maximum absolute atomic E-state index is 10.5. The molecule has 1 heterocycles. The van der Waals surface area contributed by atoms with Gasteiger partial charge >= 0.3 is 18.0 Å². The van der Waals surface area contributed by atoms with Crippen molar-refractivity contribution in [2.75, 3.05) is 26.4 Å². The predicted octanol–water partition coefficient (Wildman–Crippen LogP) is 0.799. The number of esters is 1. The van der Waals surface area contributed by atoms with Gasteiger partial charge in [-0.25, -0.2) is 14.4 Å². The Hall–Kier alpha value is -1.83. The fourth-order valence-corrected chi connectivity index (χ4v) is 1.64. The number of carbonyl (C=O) groups is 3. The quantitative estimate of drug-likeness (QED) is 0.720. The predicted molar refractivity (Wildman–Crippen MR) is 68.5 cm³/mol. The summed E-state index contributed by atoms with van der Waals surface area (Å²) in [6.07, 6.45) is -0.0693. The number of hydrogen-bond donors (Lipinski definition) is 2. The van der Waals surface area contributed by atoms with Crippen LogP contribution in [0.4, 0.5) is 4.79 Å². The zero-order chi connectivity index (χ0) is 15.5. The lowest BCUT2D eigenvalue weighted by Gasteiger charge is -2.16. The van der Waals surface area contributed by atoms with Crippen molar-refractivity contribution >= 4 is 18.0 Å². The third-order valence-corrected chi connectivity index (χ3v) is 2.51. The van der Waals surface area contributed by atoms with Crippen LogP contribution in [0.1, 0.15) is 26.7 Å². The maximum Gasteiger partial charge on any atom is 0.408 e. The highest BCUT2D eigenvalue weighted by Gasteiger charge is 2.33. The van der Waals surface area contributed by atoms with Gasteiger partial charge < -0.3 is 19.7 Å². The number of likely N-dealkylation sites (tertiary alicyclic amines) is 1. The number of aliphatic carboxylic acids is 1. The van der Waals surface area contributed by atoms with E-state index in [1.165, 1.54) is 0 Å². The minimum Gasteiger partial charge on any atom is -0.480 e. The smallest absolute Gasteiger partial charge is 0.408 e. The molecule has 0 aromatic rings. The van der Waals surface area contributed by atoms with Crippen molar-refractivity contribution in [1.29, 1.82) is 0 Å². The summed E-state index contributed by atoms with van der Waals surface area (Å²) in [5, 5.41) is 17.0. The van der Waals surface area contributed by atoms with Crippen LogP contribution in [-0.4, -0.2) is 65.6 Å². The van der Waals surface area contributed by atoms with Gasteiger partial charge in [-0.1, -0.05) is 0 Å². The largest absolute Gasteiger partial charge is 0.480 e. The first kappa shape index (κ1) is 18.2. The summed E-state index contributed by atoms with van der Waals surface area (Å²) in [5.74, 6) is -1.34. The van der Waals surface area contributed by atoms with Gasteiger partial charge in [0.2, 0.25) is 0 Å². The van der Waals surface area contributed by atoms with Crippen molar-refractivity contribution < 1.29 is 34.1 Å². The van der Waals surface area contributed by atoms with E-state index in [1.807, 2.05) is 6.92 Å². The molecular formula is C12H21NO7. The first-order chi connectivity index (χ1) is 9.43. The molecule has 1 unspecified atom stereocenters. The molecule has 0 aromatic heterocycles. The van der Waals surface area contributed by atoms with Crippen LogP contribution in [0.5, 0.6) is 0 Å². The molecule has 1 aliphatic heterocycles. The van der Waals surface area contributed by atoms with E-state index >= 15 is 0 Å². The fraction of sp³-hybridized carbons (Fsp3) is 0.750. The SMILES string of the molecule is CCOCC(=O)OCC.O=C(O)C1CCCN1C(=O)O. The van der Waals surface area contributed by atoms with Gasteiger partial charge in [0.1, 0.15) is 12.6 Å². The standard InChI is InChI=1S/C6H9NO4.C6H12O3/c8-5(9)4-2-1-3-7(4)6(10)11;1-3-8-5-6(7)9-4-2/h4H,1-3H2,(H,8,9)(H,10,11);3-5H2,1-2H3. The summed E-state index contributed by atoms with van der Waals surface area (Å²) >= 11 is 0. The monoisotopic (exact) mass is 291 g/mol. The van der Waals surface area contributed by atoms with Gasteiger partial charge in [0.15, 0.2) is 0 Å². The molecule has 8 nitrogen and oxygen atoms in total. The Bertz CT molecular complexity index is 312. The van der Waals surface area contributed by atoms with Gasteiger partial charge in [-0.05, 0) is 26.7 Å². The van der Waals surface area contributed by atoms with Crippen LogP contribution in [0.3, 0.4) is 0 Å². The molecule has 0 radical (unpaired) electrons. The molecule has 116 valence electrons. The van der Waals surface area contributed by atoms with E-state index in [1.54, 1.807) is 6.92 Å². The minimum atomic E-state index is -1.14. The van der Waals surface area contributed by atoms with E-state index < -0.39 is 18.1 Å². The molecule has 1 aliphatic rings. The van der Waals surface area contributed by atoms with Gasteiger partial charge in [-0.3, -0.25) is 4.90 Å². The molecule has 2 N–H and O–H groups in total.